The molecule has 0 saturated heterocycles. The maximum absolute atomic E-state index is 12.3. The van der Waals surface area contributed by atoms with Crippen LogP contribution in [0, 0.1) is 0 Å². The number of carbonyl (C=O) groups is 1. The van der Waals surface area contributed by atoms with Crippen LogP contribution in [0.2, 0.25) is 0 Å². The average Bonchev–Trinajstić information content (AvgIpc) is 2.93. The van der Waals surface area contributed by atoms with Gasteiger partial charge in [0.25, 0.3) is 5.91 Å². The zero-order valence-electron chi connectivity index (χ0n) is 11.8. The van der Waals surface area contributed by atoms with E-state index < -0.39 is 12.5 Å². The second-order valence-electron chi connectivity index (χ2n) is 4.22. The maximum Gasteiger partial charge on any atom is 0.387 e. The van der Waals surface area contributed by atoms with Crippen LogP contribution in [-0.2, 0) is 0 Å². The molecule has 0 radical (unpaired) electrons. The fourth-order valence-electron chi connectivity index (χ4n) is 1.69. The number of aromatic nitrogens is 1. The summed E-state index contributed by atoms with van der Waals surface area (Å²) in [5.41, 5.74) is 3.09. The van der Waals surface area contributed by atoms with Crippen molar-refractivity contribution in [3.05, 3.63) is 46.2 Å². The summed E-state index contributed by atoms with van der Waals surface area (Å²) in [6, 6.07) is 5.96. The van der Waals surface area contributed by atoms with Gasteiger partial charge in [0.2, 0.25) is 0 Å². The molecule has 9 heteroatoms. The molecule has 1 heterocycles. The second-order valence-corrected chi connectivity index (χ2v) is 5.14. The molecule has 1 aromatic carbocycles. The standard InChI is InChI=1S/C14H12BrF2N3O3/c1-22-11-3-2-8(4-12(11)23-14(16)17)6-19-20-13(21)10-5-9(15)7-18-10/h2-7,14,18H,1H3,(H,20,21)/b19-6-. The van der Waals surface area contributed by atoms with Crippen LogP contribution < -0.4 is 14.9 Å². The Bertz CT molecular complexity index is 719. The molecule has 0 aliphatic carbocycles. The Hall–Kier alpha value is -2.42. The van der Waals surface area contributed by atoms with Crippen LogP contribution in [0.5, 0.6) is 11.5 Å². The number of methoxy groups -OCH3 is 1. The number of hydrogen-bond acceptors (Lipinski definition) is 4. The third-order valence-corrected chi connectivity index (χ3v) is 3.13. The third kappa shape index (κ3) is 4.78. The van der Waals surface area contributed by atoms with E-state index in [1.54, 1.807) is 18.3 Å². The minimum atomic E-state index is -2.97. The Kier molecular flexibility index (Phi) is 5.69. The number of nitrogens with zero attached hydrogens (tertiary/aromatic N) is 1. The molecule has 23 heavy (non-hydrogen) atoms. The molecule has 0 saturated carbocycles. The van der Waals surface area contributed by atoms with Gasteiger partial charge in [-0.05, 0) is 45.8 Å². The van der Waals surface area contributed by atoms with E-state index in [4.69, 9.17) is 4.74 Å². The Morgan fingerprint density at radius 2 is 2.17 bits per heavy atom. The van der Waals surface area contributed by atoms with Crippen molar-refractivity contribution < 1.29 is 23.0 Å². The molecule has 0 atom stereocenters. The summed E-state index contributed by atoms with van der Waals surface area (Å²) < 4.78 is 34.7. The minimum Gasteiger partial charge on any atom is -0.493 e. The van der Waals surface area contributed by atoms with Crippen molar-refractivity contribution in [1.29, 1.82) is 0 Å². The van der Waals surface area contributed by atoms with Gasteiger partial charge >= 0.3 is 6.61 Å². The Labute approximate surface area is 138 Å². The van der Waals surface area contributed by atoms with Gasteiger partial charge in [-0.1, -0.05) is 0 Å². The first kappa shape index (κ1) is 16.9. The summed E-state index contributed by atoms with van der Waals surface area (Å²) in [7, 11) is 1.34. The van der Waals surface area contributed by atoms with Crippen molar-refractivity contribution in [2.45, 2.75) is 6.61 Å². The van der Waals surface area contributed by atoms with Gasteiger partial charge < -0.3 is 14.5 Å². The van der Waals surface area contributed by atoms with E-state index in [0.717, 1.165) is 4.47 Å². The number of H-pyrrole nitrogens is 1. The highest BCUT2D eigenvalue weighted by molar-refractivity contribution is 9.10. The zero-order valence-corrected chi connectivity index (χ0v) is 13.4. The second kappa shape index (κ2) is 7.73. The summed E-state index contributed by atoms with van der Waals surface area (Å²) >= 11 is 3.21. The smallest absolute Gasteiger partial charge is 0.387 e. The van der Waals surface area contributed by atoms with Gasteiger partial charge in [0.15, 0.2) is 11.5 Å². The molecule has 1 amide bonds. The molecule has 0 unspecified atom stereocenters. The molecule has 1 aromatic heterocycles. The number of alkyl halides is 2. The van der Waals surface area contributed by atoms with Crippen molar-refractivity contribution in [1.82, 2.24) is 10.4 Å². The highest BCUT2D eigenvalue weighted by atomic mass is 79.9. The molecular formula is C14H12BrF2N3O3. The molecule has 2 N–H and O–H groups in total. The molecular weight excluding hydrogens is 376 g/mol. The minimum absolute atomic E-state index is 0.119. The fourth-order valence-corrected chi connectivity index (χ4v) is 2.03. The van der Waals surface area contributed by atoms with Crippen molar-refractivity contribution in [3.8, 4) is 11.5 Å². The lowest BCUT2D eigenvalue weighted by Gasteiger charge is -2.10. The molecule has 0 aliphatic rings. The fraction of sp³-hybridized carbons (Fsp3) is 0.143. The Morgan fingerprint density at radius 1 is 1.39 bits per heavy atom. The number of hydrazone groups is 1. The highest BCUT2D eigenvalue weighted by Gasteiger charge is 2.11. The number of aromatic amines is 1. The van der Waals surface area contributed by atoms with Crippen LogP contribution in [0.4, 0.5) is 8.78 Å². The summed E-state index contributed by atoms with van der Waals surface area (Å²) in [4.78, 5) is 14.5. The molecule has 0 fully saturated rings. The summed E-state index contributed by atoms with van der Waals surface area (Å²) in [6.07, 6.45) is 2.91. The lowest BCUT2D eigenvalue weighted by Crippen LogP contribution is -2.17. The lowest BCUT2D eigenvalue weighted by atomic mass is 10.2. The average molecular weight is 388 g/mol. The van der Waals surface area contributed by atoms with Crippen molar-refractivity contribution in [3.63, 3.8) is 0 Å². The highest BCUT2D eigenvalue weighted by Crippen LogP contribution is 2.28. The van der Waals surface area contributed by atoms with E-state index in [9.17, 15) is 13.6 Å². The molecule has 2 rings (SSSR count). The number of amides is 1. The number of ether oxygens (including phenoxy) is 2. The topological polar surface area (TPSA) is 75.7 Å². The van der Waals surface area contributed by atoms with E-state index in [-0.39, 0.29) is 11.5 Å². The third-order valence-electron chi connectivity index (χ3n) is 2.68. The van der Waals surface area contributed by atoms with Crippen molar-refractivity contribution >= 4 is 28.1 Å². The molecule has 6 nitrogen and oxygen atoms in total. The first-order chi connectivity index (χ1) is 11.0. The summed E-state index contributed by atoms with van der Waals surface area (Å²) in [5.74, 6) is -0.390. The molecule has 0 aliphatic heterocycles. The van der Waals surface area contributed by atoms with Crippen LogP contribution in [-0.4, -0.2) is 30.8 Å². The zero-order chi connectivity index (χ0) is 16.8. The van der Waals surface area contributed by atoms with Gasteiger partial charge in [0, 0.05) is 10.7 Å². The summed E-state index contributed by atoms with van der Waals surface area (Å²) in [6.45, 7) is -2.97. The van der Waals surface area contributed by atoms with Gasteiger partial charge in [-0.2, -0.15) is 13.9 Å². The number of nitrogens with one attached hydrogen (secondary N) is 2. The van der Waals surface area contributed by atoms with E-state index in [0.29, 0.717) is 11.3 Å². The molecule has 2 aromatic rings. The van der Waals surface area contributed by atoms with Gasteiger partial charge in [-0.3, -0.25) is 4.79 Å². The van der Waals surface area contributed by atoms with Crippen LogP contribution in [0.3, 0.4) is 0 Å². The number of benzene rings is 1. The van der Waals surface area contributed by atoms with Gasteiger partial charge in [0.05, 0.1) is 13.3 Å². The van der Waals surface area contributed by atoms with Crippen LogP contribution in [0.25, 0.3) is 0 Å². The maximum atomic E-state index is 12.3. The van der Waals surface area contributed by atoms with Gasteiger partial charge in [0.1, 0.15) is 5.69 Å². The SMILES string of the molecule is COc1ccc(/C=N\NC(=O)c2cc(Br)c[nH]2)cc1OC(F)F. The Balaban J connectivity index is 2.05. The quantitative estimate of drug-likeness (QED) is 0.590. The largest absolute Gasteiger partial charge is 0.493 e. The monoisotopic (exact) mass is 387 g/mol. The number of carbonyl (C=O) groups excluding carboxylic acids is 1. The number of hydrogen-bond donors (Lipinski definition) is 2. The predicted molar refractivity (Wildman–Crippen MR) is 83.2 cm³/mol. The first-order valence-electron chi connectivity index (χ1n) is 6.29. The summed E-state index contributed by atoms with van der Waals surface area (Å²) in [5, 5.41) is 3.76. The van der Waals surface area contributed by atoms with Gasteiger partial charge in [-0.15, -0.1) is 0 Å². The first-order valence-corrected chi connectivity index (χ1v) is 7.09. The van der Waals surface area contributed by atoms with E-state index in [1.807, 2.05) is 0 Å². The van der Waals surface area contributed by atoms with Crippen LogP contribution >= 0.6 is 15.9 Å². The van der Waals surface area contributed by atoms with Crippen molar-refractivity contribution in [2.75, 3.05) is 7.11 Å². The number of halogens is 3. The van der Waals surface area contributed by atoms with E-state index in [2.05, 4.69) is 36.2 Å². The Morgan fingerprint density at radius 3 is 2.78 bits per heavy atom. The van der Waals surface area contributed by atoms with Crippen LogP contribution in [0.1, 0.15) is 16.1 Å². The molecule has 0 bridgehead atoms. The van der Waals surface area contributed by atoms with E-state index >= 15 is 0 Å². The van der Waals surface area contributed by atoms with Gasteiger partial charge in [-0.25, -0.2) is 5.43 Å². The van der Waals surface area contributed by atoms with Crippen molar-refractivity contribution in [2.24, 2.45) is 5.10 Å². The molecule has 122 valence electrons. The normalized spacial score (nSPS) is 11.0. The number of rotatable bonds is 6. The van der Waals surface area contributed by atoms with E-state index in [1.165, 1.54) is 25.5 Å². The lowest BCUT2D eigenvalue weighted by molar-refractivity contribution is -0.0512. The van der Waals surface area contributed by atoms with Crippen LogP contribution in [0.15, 0.2) is 40.0 Å². The predicted octanol–water partition coefficient (Wildman–Crippen LogP) is 3.15. The molecule has 0 spiro atoms.